The minimum Gasteiger partial charge on any atom is -0.493 e. The molecule has 8 nitrogen and oxygen atoms in total. The van der Waals surface area contributed by atoms with E-state index in [0.29, 0.717) is 45.2 Å². The summed E-state index contributed by atoms with van der Waals surface area (Å²) >= 11 is 1.26. The number of thiazole rings is 1. The van der Waals surface area contributed by atoms with Gasteiger partial charge in [0.1, 0.15) is 11.9 Å². The largest absolute Gasteiger partial charge is 0.493 e. The molecule has 0 radical (unpaired) electrons. The van der Waals surface area contributed by atoms with Crippen LogP contribution >= 0.6 is 11.3 Å². The van der Waals surface area contributed by atoms with Gasteiger partial charge in [-0.05, 0) is 56.7 Å². The van der Waals surface area contributed by atoms with Crippen molar-refractivity contribution in [3.63, 3.8) is 0 Å². The van der Waals surface area contributed by atoms with Gasteiger partial charge in [0.05, 0.1) is 36.1 Å². The third-order valence-electron chi connectivity index (χ3n) is 7.70. The van der Waals surface area contributed by atoms with Gasteiger partial charge in [-0.25, -0.2) is 14.2 Å². The third kappa shape index (κ3) is 5.57. The molecule has 45 heavy (non-hydrogen) atoms. The molecular formula is C35H32FN3O5S. The van der Waals surface area contributed by atoms with Gasteiger partial charge in [0.25, 0.3) is 5.56 Å². The topological polar surface area (TPSA) is 84.1 Å². The molecule has 1 atom stereocenters. The molecule has 0 saturated carbocycles. The van der Waals surface area contributed by atoms with Crippen molar-refractivity contribution < 1.29 is 23.4 Å². The molecule has 0 spiro atoms. The first-order valence-corrected chi connectivity index (χ1v) is 15.5. The highest BCUT2D eigenvalue weighted by Crippen LogP contribution is 2.40. The van der Waals surface area contributed by atoms with E-state index in [0.717, 1.165) is 22.0 Å². The number of ether oxygens (including phenoxy) is 3. The van der Waals surface area contributed by atoms with Crippen LogP contribution in [0, 0.1) is 5.82 Å². The number of esters is 1. The summed E-state index contributed by atoms with van der Waals surface area (Å²) in [5, 5.41) is 0.969. The fourth-order valence-corrected chi connectivity index (χ4v) is 6.78. The van der Waals surface area contributed by atoms with Gasteiger partial charge in [-0.3, -0.25) is 9.36 Å². The molecule has 0 unspecified atom stereocenters. The van der Waals surface area contributed by atoms with Gasteiger partial charge in [0.2, 0.25) is 0 Å². The number of halogens is 1. The number of aromatic nitrogens is 2. The molecule has 1 aliphatic rings. The molecule has 3 aromatic carbocycles. The van der Waals surface area contributed by atoms with Gasteiger partial charge in [0.15, 0.2) is 16.3 Å². The molecule has 2 aromatic heterocycles. The Bertz CT molecular complexity index is 2130. The van der Waals surface area contributed by atoms with Crippen molar-refractivity contribution in [2.45, 2.75) is 33.4 Å². The zero-order valence-corrected chi connectivity index (χ0v) is 26.2. The molecule has 0 amide bonds. The van der Waals surface area contributed by atoms with Crippen molar-refractivity contribution in [2.75, 3.05) is 20.3 Å². The number of carbonyl (C=O) groups is 1. The summed E-state index contributed by atoms with van der Waals surface area (Å²) < 4.78 is 34.7. The van der Waals surface area contributed by atoms with Crippen LogP contribution in [-0.2, 0) is 16.1 Å². The first kappa shape index (κ1) is 30.1. The average molecular weight is 626 g/mol. The van der Waals surface area contributed by atoms with E-state index in [9.17, 15) is 14.0 Å². The lowest BCUT2D eigenvalue weighted by atomic mass is 9.94. The Morgan fingerprint density at radius 1 is 1.04 bits per heavy atom. The van der Waals surface area contributed by atoms with Gasteiger partial charge >= 0.3 is 5.97 Å². The maximum atomic E-state index is 14.3. The lowest BCUT2D eigenvalue weighted by molar-refractivity contribution is -0.139. The van der Waals surface area contributed by atoms with Crippen molar-refractivity contribution in [1.82, 2.24) is 9.13 Å². The van der Waals surface area contributed by atoms with E-state index in [-0.39, 0.29) is 23.6 Å². The fourth-order valence-electron chi connectivity index (χ4n) is 5.74. The molecule has 10 heteroatoms. The summed E-state index contributed by atoms with van der Waals surface area (Å²) in [5.41, 5.74) is 3.82. The highest BCUT2D eigenvalue weighted by Gasteiger charge is 2.36. The minimum atomic E-state index is -0.848. The molecule has 230 valence electrons. The van der Waals surface area contributed by atoms with Crippen LogP contribution in [0.5, 0.6) is 11.5 Å². The number of hydrogen-bond acceptors (Lipinski definition) is 7. The van der Waals surface area contributed by atoms with Gasteiger partial charge in [0, 0.05) is 34.8 Å². The maximum Gasteiger partial charge on any atom is 0.338 e. The summed E-state index contributed by atoms with van der Waals surface area (Å²) in [6, 6.07) is 18.9. The van der Waals surface area contributed by atoms with Gasteiger partial charge in [-0.2, -0.15) is 0 Å². The van der Waals surface area contributed by atoms with Crippen molar-refractivity contribution in [1.29, 1.82) is 0 Å². The van der Waals surface area contributed by atoms with E-state index < -0.39 is 12.0 Å². The lowest BCUT2D eigenvalue weighted by Gasteiger charge is -2.26. The molecule has 3 heterocycles. The van der Waals surface area contributed by atoms with Crippen molar-refractivity contribution in [3.05, 3.63) is 126 Å². The Kier molecular flexibility index (Phi) is 8.40. The number of carbonyl (C=O) groups excluding carboxylic acids is 1. The zero-order chi connectivity index (χ0) is 31.7. The second-order valence-electron chi connectivity index (χ2n) is 10.5. The van der Waals surface area contributed by atoms with Gasteiger partial charge in [-0.1, -0.05) is 53.8 Å². The van der Waals surface area contributed by atoms with E-state index >= 15 is 0 Å². The minimum absolute atomic E-state index is 0.172. The molecule has 6 rings (SSSR count). The Balaban J connectivity index is 1.54. The summed E-state index contributed by atoms with van der Waals surface area (Å²) in [5.74, 6) is 0.104. The number of methoxy groups -OCH3 is 1. The monoisotopic (exact) mass is 625 g/mol. The van der Waals surface area contributed by atoms with Crippen LogP contribution in [0.25, 0.3) is 17.0 Å². The number of hydrogen-bond donors (Lipinski definition) is 0. The second-order valence-corrected chi connectivity index (χ2v) is 11.5. The van der Waals surface area contributed by atoms with Crippen molar-refractivity contribution in [3.8, 4) is 11.5 Å². The SMILES string of the molecule is CCOC(=O)C1=C(C)N=c2s/c(=C/c3cn(Cc4ccc(F)cc4)c4ccccc34)c(=O)n2[C@H]1c1cccc(OC)c1OCC. The predicted molar refractivity (Wildman–Crippen MR) is 172 cm³/mol. The van der Waals surface area contributed by atoms with E-state index in [1.54, 1.807) is 49.8 Å². The molecule has 0 fully saturated rings. The molecule has 0 bridgehead atoms. The number of benzene rings is 3. The zero-order valence-electron chi connectivity index (χ0n) is 25.4. The van der Waals surface area contributed by atoms with E-state index in [1.807, 2.05) is 49.5 Å². The number of para-hydroxylation sites is 2. The molecule has 5 aromatic rings. The molecule has 1 aliphatic heterocycles. The van der Waals surface area contributed by atoms with Crippen LogP contribution < -0.4 is 24.4 Å². The van der Waals surface area contributed by atoms with Crippen LogP contribution in [0.15, 0.2) is 94.0 Å². The number of rotatable bonds is 9. The summed E-state index contributed by atoms with van der Waals surface area (Å²) in [7, 11) is 1.55. The summed E-state index contributed by atoms with van der Waals surface area (Å²) in [6.07, 6.45) is 3.86. The first-order valence-electron chi connectivity index (χ1n) is 14.7. The van der Waals surface area contributed by atoms with Crippen LogP contribution in [-0.4, -0.2) is 35.4 Å². The van der Waals surface area contributed by atoms with Crippen LogP contribution in [0.4, 0.5) is 4.39 Å². The van der Waals surface area contributed by atoms with E-state index in [2.05, 4.69) is 4.57 Å². The second kappa shape index (κ2) is 12.6. The highest BCUT2D eigenvalue weighted by molar-refractivity contribution is 7.07. The van der Waals surface area contributed by atoms with Crippen LogP contribution in [0.2, 0.25) is 0 Å². The van der Waals surface area contributed by atoms with Gasteiger partial charge < -0.3 is 18.8 Å². The predicted octanol–water partition coefficient (Wildman–Crippen LogP) is 5.35. The highest BCUT2D eigenvalue weighted by atomic mass is 32.1. The normalized spacial score (nSPS) is 14.8. The standard InChI is InChI=1S/C35H32FN3O5S/c1-5-43-32-26(11-9-13-28(32)42-4)31-30(34(41)44-6-2)21(3)37-35-39(31)33(40)29(45-35)18-23-20-38(27-12-8-7-10-25(23)27)19-22-14-16-24(36)17-15-22/h7-18,20,31H,5-6,19H2,1-4H3/b29-18+/t31-/m0/s1. The molecular weight excluding hydrogens is 593 g/mol. The third-order valence-corrected chi connectivity index (χ3v) is 8.68. The fraction of sp³-hybridized carbons (Fsp3) is 0.229. The number of nitrogens with zero attached hydrogens (tertiary/aromatic N) is 3. The smallest absolute Gasteiger partial charge is 0.338 e. The molecule has 0 saturated heterocycles. The summed E-state index contributed by atoms with van der Waals surface area (Å²) in [6.45, 7) is 6.41. The average Bonchev–Trinajstić information content (AvgIpc) is 3.54. The number of fused-ring (bicyclic) bond motifs is 2. The van der Waals surface area contributed by atoms with Crippen LogP contribution in [0.3, 0.4) is 0 Å². The Morgan fingerprint density at radius 2 is 1.82 bits per heavy atom. The van der Waals surface area contributed by atoms with Crippen molar-refractivity contribution >= 4 is 34.3 Å². The first-order chi connectivity index (χ1) is 21.8. The summed E-state index contributed by atoms with van der Waals surface area (Å²) in [4.78, 5) is 32.9. The lowest BCUT2D eigenvalue weighted by Crippen LogP contribution is -2.40. The molecule has 0 aliphatic carbocycles. The number of allylic oxidation sites excluding steroid dienone is 1. The Labute approximate surface area is 262 Å². The Morgan fingerprint density at radius 3 is 2.56 bits per heavy atom. The van der Waals surface area contributed by atoms with Crippen LogP contribution in [0.1, 0.15) is 43.5 Å². The Hall–Kier alpha value is -4.96. The van der Waals surface area contributed by atoms with Crippen molar-refractivity contribution in [2.24, 2.45) is 4.99 Å². The quantitative estimate of drug-likeness (QED) is 0.206. The van der Waals surface area contributed by atoms with Gasteiger partial charge in [-0.15, -0.1) is 0 Å². The maximum absolute atomic E-state index is 14.3. The van der Waals surface area contributed by atoms with E-state index in [1.165, 1.54) is 23.5 Å². The van der Waals surface area contributed by atoms with E-state index in [4.69, 9.17) is 19.2 Å². The molecule has 0 N–H and O–H groups in total.